The molecule has 21 heavy (non-hydrogen) atoms. The fourth-order valence-corrected chi connectivity index (χ4v) is 2.28. The van der Waals surface area contributed by atoms with Crippen molar-refractivity contribution >= 4 is 0 Å². The van der Waals surface area contributed by atoms with Gasteiger partial charge in [0.1, 0.15) is 0 Å². The second-order valence-electron chi connectivity index (χ2n) is 5.16. The minimum Gasteiger partial charge on any atom is -0.392 e. The van der Waals surface area contributed by atoms with Crippen LogP contribution in [0.4, 0.5) is 0 Å². The fraction of sp³-hybridized carbons (Fsp3) is 0.333. The molecule has 0 heterocycles. The van der Waals surface area contributed by atoms with Gasteiger partial charge in [-0.05, 0) is 16.7 Å². The van der Waals surface area contributed by atoms with E-state index in [0.717, 1.165) is 31.8 Å². The summed E-state index contributed by atoms with van der Waals surface area (Å²) in [5, 5.41) is 9.09. The Kier molecular flexibility index (Phi) is 6.41. The van der Waals surface area contributed by atoms with Crippen LogP contribution in [0.25, 0.3) is 0 Å². The van der Waals surface area contributed by atoms with E-state index in [0.29, 0.717) is 0 Å². The summed E-state index contributed by atoms with van der Waals surface area (Å²) in [6.45, 7) is 3.50. The van der Waals surface area contributed by atoms with Crippen LogP contribution >= 0.6 is 0 Å². The first-order chi connectivity index (χ1) is 10.3. The molecule has 0 aliphatic carbocycles. The Morgan fingerprint density at radius 2 is 1.43 bits per heavy atom. The average Bonchev–Trinajstić information content (AvgIpc) is 2.54. The minimum absolute atomic E-state index is 0.0949. The van der Waals surface area contributed by atoms with Crippen molar-refractivity contribution in [1.82, 2.24) is 4.90 Å². The predicted molar refractivity (Wildman–Crippen MR) is 84.8 cm³/mol. The molecule has 0 aliphatic heterocycles. The van der Waals surface area contributed by atoms with Crippen LogP contribution in [0.2, 0.25) is 0 Å². The summed E-state index contributed by atoms with van der Waals surface area (Å²) in [6, 6.07) is 18.6. The Balaban J connectivity index is 2.00. The minimum atomic E-state index is 0.0949. The first-order valence-corrected chi connectivity index (χ1v) is 7.25. The molecule has 0 unspecified atom stereocenters. The summed E-state index contributed by atoms with van der Waals surface area (Å²) in [7, 11) is 1.73. The lowest BCUT2D eigenvalue weighted by atomic mass is 10.1. The molecule has 0 aromatic heterocycles. The van der Waals surface area contributed by atoms with Crippen molar-refractivity contribution < 1.29 is 9.84 Å². The highest BCUT2D eigenvalue weighted by Crippen LogP contribution is 2.11. The van der Waals surface area contributed by atoms with E-state index in [4.69, 9.17) is 9.84 Å². The lowest BCUT2D eigenvalue weighted by Crippen LogP contribution is -2.26. The standard InChI is InChI=1S/C18H23NO2/c1-21-12-11-19(13-16-5-3-2-4-6-16)14-17-7-9-18(15-20)10-8-17/h2-10,20H,11-15H2,1H3. The third kappa shape index (κ3) is 5.31. The summed E-state index contributed by atoms with van der Waals surface area (Å²) in [5.74, 6) is 0. The van der Waals surface area contributed by atoms with Crippen molar-refractivity contribution in [1.29, 1.82) is 0 Å². The van der Waals surface area contributed by atoms with Gasteiger partial charge in [-0.15, -0.1) is 0 Å². The SMILES string of the molecule is COCCN(Cc1ccccc1)Cc1ccc(CO)cc1. The van der Waals surface area contributed by atoms with E-state index < -0.39 is 0 Å². The highest BCUT2D eigenvalue weighted by Gasteiger charge is 2.07. The van der Waals surface area contributed by atoms with Crippen LogP contribution in [0.3, 0.4) is 0 Å². The topological polar surface area (TPSA) is 32.7 Å². The predicted octanol–water partition coefficient (Wildman–Crippen LogP) is 2.83. The van der Waals surface area contributed by atoms with E-state index in [-0.39, 0.29) is 6.61 Å². The molecule has 2 aromatic carbocycles. The first-order valence-electron chi connectivity index (χ1n) is 7.25. The van der Waals surface area contributed by atoms with Gasteiger partial charge >= 0.3 is 0 Å². The first kappa shape index (κ1) is 15.7. The van der Waals surface area contributed by atoms with Gasteiger partial charge in [0.2, 0.25) is 0 Å². The van der Waals surface area contributed by atoms with Gasteiger partial charge in [-0.3, -0.25) is 4.90 Å². The largest absolute Gasteiger partial charge is 0.392 e. The molecule has 2 aromatic rings. The molecule has 0 saturated carbocycles. The van der Waals surface area contributed by atoms with Crippen molar-refractivity contribution in [2.75, 3.05) is 20.3 Å². The smallest absolute Gasteiger partial charge is 0.0681 e. The van der Waals surface area contributed by atoms with E-state index in [1.54, 1.807) is 7.11 Å². The second-order valence-corrected chi connectivity index (χ2v) is 5.16. The molecule has 0 bridgehead atoms. The normalized spacial score (nSPS) is 11.0. The maximum absolute atomic E-state index is 9.09. The number of benzene rings is 2. The number of nitrogens with zero attached hydrogens (tertiary/aromatic N) is 1. The molecular weight excluding hydrogens is 262 g/mol. The van der Waals surface area contributed by atoms with Gasteiger partial charge in [0, 0.05) is 26.7 Å². The van der Waals surface area contributed by atoms with Crippen LogP contribution in [-0.2, 0) is 24.4 Å². The molecule has 0 spiro atoms. The highest BCUT2D eigenvalue weighted by molar-refractivity contribution is 5.22. The van der Waals surface area contributed by atoms with Gasteiger partial charge in [0.25, 0.3) is 0 Å². The Morgan fingerprint density at radius 3 is 2.00 bits per heavy atom. The van der Waals surface area contributed by atoms with E-state index in [2.05, 4.69) is 41.3 Å². The molecule has 3 heteroatoms. The number of aliphatic hydroxyl groups is 1. The molecule has 0 radical (unpaired) electrons. The van der Waals surface area contributed by atoms with Crippen LogP contribution in [0.5, 0.6) is 0 Å². The number of methoxy groups -OCH3 is 1. The van der Waals surface area contributed by atoms with E-state index in [1.165, 1.54) is 11.1 Å². The summed E-state index contributed by atoms with van der Waals surface area (Å²) in [5.41, 5.74) is 3.50. The highest BCUT2D eigenvalue weighted by atomic mass is 16.5. The fourth-order valence-electron chi connectivity index (χ4n) is 2.28. The number of aliphatic hydroxyl groups excluding tert-OH is 1. The Bertz CT molecular complexity index is 511. The Morgan fingerprint density at radius 1 is 0.857 bits per heavy atom. The van der Waals surface area contributed by atoms with Crippen molar-refractivity contribution in [2.24, 2.45) is 0 Å². The van der Waals surface area contributed by atoms with Crippen LogP contribution in [0.1, 0.15) is 16.7 Å². The zero-order chi connectivity index (χ0) is 14.9. The maximum atomic E-state index is 9.09. The Hall–Kier alpha value is -1.68. The van der Waals surface area contributed by atoms with Gasteiger partial charge in [-0.1, -0.05) is 54.6 Å². The zero-order valence-electron chi connectivity index (χ0n) is 12.5. The van der Waals surface area contributed by atoms with Crippen molar-refractivity contribution in [3.05, 3.63) is 71.3 Å². The van der Waals surface area contributed by atoms with Gasteiger partial charge in [0.05, 0.1) is 13.2 Å². The average molecular weight is 285 g/mol. The van der Waals surface area contributed by atoms with Crippen molar-refractivity contribution in [2.45, 2.75) is 19.7 Å². The van der Waals surface area contributed by atoms with E-state index >= 15 is 0 Å². The number of ether oxygens (including phenoxy) is 1. The second kappa shape index (κ2) is 8.57. The molecule has 0 amide bonds. The van der Waals surface area contributed by atoms with Gasteiger partial charge < -0.3 is 9.84 Å². The zero-order valence-corrected chi connectivity index (χ0v) is 12.5. The molecule has 112 valence electrons. The number of hydrogen-bond acceptors (Lipinski definition) is 3. The third-order valence-corrected chi connectivity index (χ3v) is 3.47. The maximum Gasteiger partial charge on any atom is 0.0681 e. The van der Waals surface area contributed by atoms with Crippen LogP contribution < -0.4 is 0 Å². The monoisotopic (exact) mass is 285 g/mol. The van der Waals surface area contributed by atoms with Gasteiger partial charge in [-0.25, -0.2) is 0 Å². The lowest BCUT2D eigenvalue weighted by molar-refractivity contribution is 0.140. The number of rotatable bonds is 8. The van der Waals surface area contributed by atoms with Crippen LogP contribution in [0.15, 0.2) is 54.6 Å². The van der Waals surface area contributed by atoms with Gasteiger partial charge in [-0.2, -0.15) is 0 Å². The molecular formula is C18H23NO2. The van der Waals surface area contributed by atoms with Crippen LogP contribution in [0, 0.1) is 0 Å². The number of hydrogen-bond donors (Lipinski definition) is 1. The van der Waals surface area contributed by atoms with E-state index in [9.17, 15) is 0 Å². The molecule has 2 rings (SSSR count). The lowest BCUT2D eigenvalue weighted by Gasteiger charge is -2.22. The summed E-state index contributed by atoms with van der Waals surface area (Å²) in [4.78, 5) is 2.37. The van der Waals surface area contributed by atoms with E-state index in [1.807, 2.05) is 18.2 Å². The molecule has 0 atom stereocenters. The quantitative estimate of drug-likeness (QED) is 0.809. The third-order valence-electron chi connectivity index (χ3n) is 3.47. The summed E-state index contributed by atoms with van der Waals surface area (Å²) < 4.78 is 5.21. The summed E-state index contributed by atoms with van der Waals surface area (Å²) >= 11 is 0. The van der Waals surface area contributed by atoms with Crippen LogP contribution in [-0.4, -0.2) is 30.3 Å². The van der Waals surface area contributed by atoms with Gasteiger partial charge in [0.15, 0.2) is 0 Å². The molecule has 0 fully saturated rings. The Labute approximate surface area is 126 Å². The molecule has 1 N–H and O–H groups in total. The molecule has 0 aliphatic rings. The summed E-state index contributed by atoms with van der Waals surface area (Å²) in [6.07, 6.45) is 0. The molecule has 0 saturated heterocycles. The molecule has 3 nitrogen and oxygen atoms in total. The van der Waals surface area contributed by atoms with Crippen molar-refractivity contribution in [3.63, 3.8) is 0 Å². The van der Waals surface area contributed by atoms with Crippen molar-refractivity contribution in [3.8, 4) is 0 Å².